The fourth-order valence-corrected chi connectivity index (χ4v) is 1.97. The normalized spacial score (nSPS) is 11.7. The molecule has 0 fully saturated rings. The third kappa shape index (κ3) is 3.38. The number of hydrogen-bond acceptors (Lipinski definition) is 3. The van der Waals surface area contributed by atoms with Gasteiger partial charge < -0.3 is 10.0 Å². The number of nitriles is 1. The fraction of sp³-hybridized carbons (Fsp3) is 0.385. The summed E-state index contributed by atoms with van der Waals surface area (Å²) in [6.45, 7) is 5.07. The molecule has 0 aliphatic carbocycles. The number of aromatic carboxylic acids is 1. The summed E-state index contributed by atoms with van der Waals surface area (Å²) in [5.74, 6) is -1.11. The molecule has 1 N–H and O–H groups in total. The number of halogens is 1. The van der Waals surface area contributed by atoms with Crippen LogP contribution in [0.3, 0.4) is 0 Å². The molecule has 0 heterocycles. The minimum atomic E-state index is -1.00. The zero-order valence-electron chi connectivity index (χ0n) is 10.4. The molecule has 0 saturated heterocycles. The molecule has 0 radical (unpaired) electrons. The Morgan fingerprint density at radius 3 is 2.72 bits per heavy atom. The second-order valence-electron chi connectivity index (χ2n) is 4.04. The number of anilines is 1. The molecule has 1 unspecified atom stereocenters. The lowest BCUT2D eigenvalue weighted by molar-refractivity contribution is 0.0697. The first-order valence-electron chi connectivity index (χ1n) is 5.67. The molecular formula is C13H15ClN2O2. The summed E-state index contributed by atoms with van der Waals surface area (Å²) in [5.41, 5.74) is 0.916. The molecule has 1 aromatic rings. The minimum Gasteiger partial charge on any atom is -0.478 e. The number of carboxylic acids is 1. The molecule has 18 heavy (non-hydrogen) atoms. The standard InChI is InChI=1S/C13H15ClN2O2/c1-3-16(8-9(2)7-15)12-5-4-10(13(17)18)6-11(12)14/h4-6,9H,3,8H2,1-2H3,(H,17,18). The van der Waals surface area contributed by atoms with Gasteiger partial charge in [-0.1, -0.05) is 11.6 Å². The van der Waals surface area contributed by atoms with Gasteiger partial charge in [-0.15, -0.1) is 0 Å². The molecular weight excluding hydrogens is 252 g/mol. The van der Waals surface area contributed by atoms with E-state index < -0.39 is 5.97 Å². The van der Waals surface area contributed by atoms with Crippen LogP contribution in [0, 0.1) is 17.2 Å². The molecule has 4 nitrogen and oxygen atoms in total. The van der Waals surface area contributed by atoms with E-state index in [-0.39, 0.29) is 11.5 Å². The summed E-state index contributed by atoms with van der Waals surface area (Å²) >= 11 is 6.09. The van der Waals surface area contributed by atoms with E-state index in [9.17, 15) is 4.79 Å². The summed E-state index contributed by atoms with van der Waals surface area (Å²) in [5, 5.41) is 18.1. The maximum absolute atomic E-state index is 10.8. The van der Waals surface area contributed by atoms with Gasteiger partial charge in [0.15, 0.2) is 0 Å². The predicted octanol–water partition coefficient (Wildman–Crippen LogP) is 3.02. The highest BCUT2D eigenvalue weighted by Gasteiger charge is 2.14. The molecule has 0 aromatic heterocycles. The van der Waals surface area contributed by atoms with Crippen molar-refractivity contribution in [2.75, 3.05) is 18.0 Å². The summed E-state index contributed by atoms with van der Waals surface area (Å²) in [7, 11) is 0. The van der Waals surface area contributed by atoms with Crippen LogP contribution < -0.4 is 4.90 Å². The monoisotopic (exact) mass is 266 g/mol. The van der Waals surface area contributed by atoms with E-state index in [4.69, 9.17) is 22.0 Å². The lowest BCUT2D eigenvalue weighted by Crippen LogP contribution is -2.28. The molecule has 96 valence electrons. The van der Waals surface area contributed by atoms with Crippen LogP contribution in [0.1, 0.15) is 24.2 Å². The summed E-state index contributed by atoms with van der Waals surface area (Å²) in [4.78, 5) is 12.8. The van der Waals surface area contributed by atoms with Crippen LogP contribution in [0.5, 0.6) is 0 Å². The van der Waals surface area contributed by atoms with Gasteiger partial charge >= 0.3 is 5.97 Å². The van der Waals surface area contributed by atoms with E-state index in [2.05, 4.69) is 6.07 Å². The average Bonchev–Trinajstić information content (AvgIpc) is 2.35. The van der Waals surface area contributed by atoms with Crippen LogP contribution >= 0.6 is 11.6 Å². The number of carbonyl (C=O) groups is 1. The van der Waals surface area contributed by atoms with Gasteiger partial charge in [0.25, 0.3) is 0 Å². The average molecular weight is 267 g/mol. The van der Waals surface area contributed by atoms with Crippen LogP contribution in [-0.2, 0) is 0 Å². The number of nitrogens with zero attached hydrogens (tertiary/aromatic N) is 2. The summed E-state index contributed by atoms with van der Waals surface area (Å²) < 4.78 is 0. The smallest absolute Gasteiger partial charge is 0.335 e. The molecule has 1 atom stereocenters. The topological polar surface area (TPSA) is 64.3 Å². The molecule has 0 saturated carbocycles. The van der Waals surface area contributed by atoms with Crippen LogP contribution in [0.25, 0.3) is 0 Å². The summed E-state index contributed by atoms with van der Waals surface area (Å²) in [6.07, 6.45) is 0. The molecule has 0 spiro atoms. The third-order valence-electron chi connectivity index (χ3n) is 2.63. The van der Waals surface area contributed by atoms with Gasteiger partial charge in [0.2, 0.25) is 0 Å². The zero-order chi connectivity index (χ0) is 13.7. The Labute approximate surface area is 111 Å². The maximum atomic E-state index is 10.8. The Hall–Kier alpha value is -1.73. The number of carboxylic acid groups (broad SMARTS) is 1. The van der Waals surface area contributed by atoms with E-state index in [0.29, 0.717) is 18.1 Å². The van der Waals surface area contributed by atoms with Crippen molar-refractivity contribution in [3.8, 4) is 6.07 Å². The minimum absolute atomic E-state index is 0.111. The lowest BCUT2D eigenvalue weighted by Gasteiger charge is -2.25. The largest absolute Gasteiger partial charge is 0.478 e. The van der Waals surface area contributed by atoms with Gasteiger partial charge in [-0.25, -0.2) is 4.79 Å². The first-order chi connectivity index (χ1) is 8.49. The molecule has 0 amide bonds. The van der Waals surface area contributed by atoms with Crippen molar-refractivity contribution in [2.24, 2.45) is 5.92 Å². The first kappa shape index (κ1) is 14.3. The maximum Gasteiger partial charge on any atom is 0.335 e. The Balaban J connectivity index is 3.00. The summed E-state index contributed by atoms with van der Waals surface area (Å²) in [6, 6.07) is 6.80. The predicted molar refractivity (Wildman–Crippen MR) is 71.1 cm³/mol. The van der Waals surface area contributed by atoms with Crippen LogP contribution in [0.15, 0.2) is 18.2 Å². The van der Waals surface area contributed by atoms with Crippen molar-refractivity contribution in [1.82, 2.24) is 0 Å². The highest BCUT2D eigenvalue weighted by atomic mass is 35.5. The highest BCUT2D eigenvalue weighted by molar-refractivity contribution is 6.33. The van der Waals surface area contributed by atoms with Crippen molar-refractivity contribution >= 4 is 23.3 Å². The SMILES string of the molecule is CCN(CC(C)C#N)c1ccc(C(=O)O)cc1Cl. The second-order valence-corrected chi connectivity index (χ2v) is 4.45. The van der Waals surface area contributed by atoms with Crippen molar-refractivity contribution in [2.45, 2.75) is 13.8 Å². The zero-order valence-corrected chi connectivity index (χ0v) is 11.1. The Kier molecular flexibility index (Phi) is 4.99. The van der Waals surface area contributed by atoms with E-state index in [1.54, 1.807) is 6.07 Å². The van der Waals surface area contributed by atoms with Gasteiger partial charge in [-0.3, -0.25) is 0 Å². The van der Waals surface area contributed by atoms with Crippen molar-refractivity contribution in [3.63, 3.8) is 0 Å². The van der Waals surface area contributed by atoms with E-state index in [0.717, 1.165) is 5.69 Å². The molecule has 1 rings (SSSR count). The number of hydrogen-bond donors (Lipinski definition) is 1. The van der Waals surface area contributed by atoms with Crippen molar-refractivity contribution in [3.05, 3.63) is 28.8 Å². The van der Waals surface area contributed by atoms with Gasteiger partial charge in [0, 0.05) is 13.1 Å². The quantitative estimate of drug-likeness (QED) is 0.890. The molecule has 0 bridgehead atoms. The molecule has 0 aliphatic heterocycles. The fourth-order valence-electron chi connectivity index (χ4n) is 1.67. The van der Waals surface area contributed by atoms with E-state index >= 15 is 0 Å². The van der Waals surface area contributed by atoms with Crippen molar-refractivity contribution < 1.29 is 9.90 Å². The number of rotatable bonds is 5. The first-order valence-corrected chi connectivity index (χ1v) is 6.04. The second kappa shape index (κ2) is 6.27. The number of benzene rings is 1. The third-order valence-corrected chi connectivity index (χ3v) is 2.93. The van der Waals surface area contributed by atoms with Gasteiger partial charge in [-0.05, 0) is 32.0 Å². The lowest BCUT2D eigenvalue weighted by atomic mass is 10.1. The Morgan fingerprint density at radius 1 is 1.61 bits per heavy atom. The van der Waals surface area contributed by atoms with Gasteiger partial charge in [0.1, 0.15) is 0 Å². The molecule has 0 aliphatic rings. The highest BCUT2D eigenvalue weighted by Crippen LogP contribution is 2.27. The van der Waals surface area contributed by atoms with E-state index in [1.807, 2.05) is 18.7 Å². The van der Waals surface area contributed by atoms with Crippen LogP contribution in [-0.4, -0.2) is 24.2 Å². The Bertz CT molecular complexity index is 482. The Morgan fingerprint density at radius 2 is 2.28 bits per heavy atom. The van der Waals surface area contributed by atoms with Gasteiger partial charge in [-0.2, -0.15) is 5.26 Å². The van der Waals surface area contributed by atoms with Crippen LogP contribution in [0.4, 0.5) is 5.69 Å². The molecule has 5 heteroatoms. The van der Waals surface area contributed by atoms with E-state index in [1.165, 1.54) is 12.1 Å². The van der Waals surface area contributed by atoms with Gasteiger partial charge in [0.05, 0.1) is 28.3 Å². The molecule has 1 aromatic carbocycles. The van der Waals surface area contributed by atoms with Crippen LogP contribution in [0.2, 0.25) is 5.02 Å². The van der Waals surface area contributed by atoms with Crippen molar-refractivity contribution in [1.29, 1.82) is 5.26 Å².